The van der Waals surface area contributed by atoms with Crippen LogP contribution in [-0.4, -0.2) is 37.4 Å². The van der Waals surface area contributed by atoms with Crippen molar-refractivity contribution in [1.82, 2.24) is 5.32 Å². The topological polar surface area (TPSA) is 58.6 Å². The van der Waals surface area contributed by atoms with Crippen molar-refractivity contribution in [3.05, 3.63) is 39.9 Å². The summed E-state index contributed by atoms with van der Waals surface area (Å²) in [6.45, 7) is 0.336. The van der Waals surface area contributed by atoms with Gasteiger partial charge in [0.2, 0.25) is 5.91 Å². The minimum Gasteiger partial charge on any atom is -0.396 e. The highest BCUT2D eigenvalue weighted by atomic mass is 35.5. The van der Waals surface area contributed by atoms with Crippen molar-refractivity contribution in [2.75, 3.05) is 20.3 Å². The number of methoxy groups -OCH3 is 1. The number of nitrogens with one attached hydrogen (secondary N) is 1. The van der Waals surface area contributed by atoms with Gasteiger partial charge in [-0.15, -0.1) is 0 Å². The smallest absolute Gasteiger partial charge is 0.244 e. The lowest BCUT2D eigenvalue weighted by molar-refractivity contribution is -0.117. The first-order valence-corrected chi connectivity index (χ1v) is 6.86. The fourth-order valence-electron chi connectivity index (χ4n) is 1.61. The van der Waals surface area contributed by atoms with Crippen LogP contribution >= 0.6 is 23.2 Å². The van der Waals surface area contributed by atoms with Crippen LogP contribution < -0.4 is 5.32 Å². The second-order valence-electron chi connectivity index (χ2n) is 4.17. The van der Waals surface area contributed by atoms with E-state index in [-0.39, 0.29) is 18.6 Å². The third-order valence-corrected chi connectivity index (χ3v) is 3.13. The number of carbonyl (C=O) groups is 1. The van der Waals surface area contributed by atoms with E-state index in [0.717, 1.165) is 0 Å². The van der Waals surface area contributed by atoms with Gasteiger partial charge < -0.3 is 15.2 Å². The Hall–Kier alpha value is -1.07. The van der Waals surface area contributed by atoms with Gasteiger partial charge in [-0.05, 0) is 30.2 Å². The van der Waals surface area contributed by atoms with Crippen LogP contribution in [0.15, 0.2) is 24.3 Å². The van der Waals surface area contributed by atoms with E-state index >= 15 is 0 Å². The molecular formula is C14H17Cl2NO3. The molecule has 0 fully saturated rings. The van der Waals surface area contributed by atoms with Crippen molar-refractivity contribution in [1.29, 1.82) is 0 Å². The highest BCUT2D eigenvalue weighted by Gasteiger charge is 2.09. The molecule has 0 saturated carbocycles. The highest BCUT2D eigenvalue weighted by molar-refractivity contribution is 6.35. The van der Waals surface area contributed by atoms with Crippen molar-refractivity contribution in [2.24, 2.45) is 0 Å². The maximum absolute atomic E-state index is 11.8. The summed E-state index contributed by atoms with van der Waals surface area (Å²) in [6.07, 6.45) is 3.43. The number of aliphatic hydroxyl groups excluding tert-OH is 1. The molecular weight excluding hydrogens is 301 g/mol. The number of rotatable bonds is 7. The molecule has 110 valence electrons. The average Bonchev–Trinajstić information content (AvgIpc) is 2.38. The lowest BCUT2D eigenvalue weighted by Gasteiger charge is -2.15. The molecule has 0 bridgehead atoms. The van der Waals surface area contributed by atoms with Crippen LogP contribution in [0.3, 0.4) is 0 Å². The van der Waals surface area contributed by atoms with Gasteiger partial charge in [-0.25, -0.2) is 0 Å². The van der Waals surface area contributed by atoms with Gasteiger partial charge in [-0.1, -0.05) is 29.3 Å². The van der Waals surface area contributed by atoms with E-state index in [1.54, 1.807) is 31.4 Å². The molecule has 1 amide bonds. The standard InChI is InChI=1S/C14H17Cl2NO3/c1-20-9-12(6-7-18)17-14(19)5-3-10-2-4-11(15)8-13(10)16/h2-5,8,12,18H,6-7,9H2,1H3,(H,17,19)/b5-3+. The first-order chi connectivity index (χ1) is 9.56. The number of halogens is 2. The van der Waals surface area contributed by atoms with Crippen molar-refractivity contribution < 1.29 is 14.6 Å². The number of hydrogen-bond acceptors (Lipinski definition) is 3. The Morgan fingerprint density at radius 3 is 2.85 bits per heavy atom. The fourth-order valence-corrected chi connectivity index (χ4v) is 2.08. The van der Waals surface area contributed by atoms with Gasteiger partial charge in [-0.3, -0.25) is 4.79 Å². The van der Waals surface area contributed by atoms with Gasteiger partial charge >= 0.3 is 0 Å². The molecule has 1 rings (SSSR count). The molecule has 2 N–H and O–H groups in total. The van der Waals surface area contributed by atoms with Crippen LogP contribution in [0, 0.1) is 0 Å². The number of benzene rings is 1. The van der Waals surface area contributed by atoms with Gasteiger partial charge in [0.25, 0.3) is 0 Å². The number of aliphatic hydroxyl groups is 1. The first kappa shape index (κ1) is 17.0. The molecule has 1 atom stereocenters. The Kier molecular flexibility index (Phi) is 7.62. The molecule has 0 saturated heterocycles. The second-order valence-corrected chi connectivity index (χ2v) is 5.02. The summed E-state index contributed by atoms with van der Waals surface area (Å²) in [7, 11) is 1.54. The average molecular weight is 318 g/mol. The van der Waals surface area contributed by atoms with Crippen molar-refractivity contribution >= 4 is 35.2 Å². The summed E-state index contributed by atoms with van der Waals surface area (Å²) in [5, 5.41) is 12.7. The van der Waals surface area contributed by atoms with Crippen LogP contribution in [0.1, 0.15) is 12.0 Å². The zero-order chi connectivity index (χ0) is 15.0. The molecule has 1 aromatic rings. The quantitative estimate of drug-likeness (QED) is 0.760. The van der Waals surface area contributed by atoms with Crippen molar-refractivity contribution in [3.63, 3.8) is 0 Å². The Labute approximate surface area is 128 Å². The van der Waals surface area contributed by atoms with Gasteiger partial charge in [0, 0.05) is 29.8 Å². The van der Waals surface area contributed by atoms with E-state index in [9.17, 15) is 4.79 Å². The van der Waals surface area contributed by atoms with E-state index < -0.39 is 0 Å². The summed E-state index contributed by atoms with van der Waals surface area (Å²) in [5.41, 5.74) is 0.705. The normalized spacial score (nSPS) is 12.6. The molecule has 0 radical (unpaired) electrons. The highest BCUT2D eigenvalue weighted by Crippen LogP contribution is 2.21. The monoisotopic (exact) mass is 317 g/mol. The van der Waals surface area contributed by atoms with Crippen LogP contribution in [0.2, 0.25) is 10.0 Å². The molecule has 0 heterocycles. The zero-order valence-electron chi connectivity index (χ0n) is 11.1. The van der Waals surface area contributed by atoms with Crippen LogP contribution in [0.4, 0.5) is 0 Å². The van der Waals surface area contributed by atoms with Crippen molar-refractivity contribution in [2.45, 2.75) is 12.5 Å². The van der Waals surface area contributed by atoms with E-state index in [0.29, 0.717) is 28.6 Å². The molecule has 1 aromatic carbocycles. The van der Waals surface area contributed by atoms with Crippen molar-refractivity contribution in [3.8, 4) is 0 Å². The lowest BCUT2D eigenvalue weighted by Crippen LogP contribution is -2.37. The summed E-state index contributed by atoms with van der Waals surface area (Å²) < 4.78 is 4.97. The SMILES string of the molecule is COCC(CCO)NC(=O)/C=C/c1ccc(Cl)cc1Cl. The molecule has 6 heteroatoms. The summed E-state index contributed by atoms with van der Waals surface area (Å²) in [6, 6.07) is 4.82. The number of carbonyl (C=O) groups excluding carboxylic acids is 1. The maximum atomic E-state index is 11.8. The molecule has 1 unspecified atom stereocenters. The van der Waals surface area contributed by atoms with E-state index in [4.69, 9.17) is 33.0 Å². The third kappa shape index (κ3) is 5.92. The fraction of sp³-hybridized carbons (Fsp3) is 0.357. The van der Waals surface area contributed by atoms with Crippen LogP contribution in [0.5, 0.6) is 0 Å². The number of ether oxygens (including phenoxy) is 1. The van der Waals surface area contributed by atoms with Gasteiger partial charge in [0.15, 0.2) is 0 Å². The largest absolute Gasteiger partial charge is 0.396 e. The Balaban J connectivity index is 2.62. The maximum Gasteiger partial charge on any atom is 0.244 e. The summed E-state index contributed by atoms with van der Waals surface area (Å²) in [4.78, 5) is 11.8. The second kappa shape index (κ2) is 8.97. The Morgan fingerprint density at radius 2 is 2.25 bits per heavy atom. The minimum absolute atomic E-state index is 0.0129. The first-order valence-electron chi connectivity index (χ1n) is 6.10. The predicted molar refractivity (Wildman–Crippen MR) is 81.0 cm³/mol. The number of amides is 1. The summed E-state index contributed by atoms with van der Waals surface area (Å²) in [5.74, 6) is -0.272. The van der Waals surface area contributed by atoms with Gasteiger partial charge in [-0.2, -0.15) is 0 Å². The molecule has 0 spiro atoms. The molecule has 0 aliphatic rings. The minimum atomic E-state index is -0.272. The molecule has 0 aliphatic heterocycles. The Bertz CT molecular complexity index is 471. The van der Waals surface area contributed by atoms with E-state index in [1.807, 2.05) is 0 Å². The van der Waals surface area contributed by atoms with Crippen LogP contribution in [-0.2, 0) is 9.53 Å². The number of hydrogen-bond donors (Lipinski definition) is 2. The molecule has 0 aromatic heterocycles. The van der Waals surface area contributed by atoms with Crippen LogP contribution in [0.25, 0.3) is 6.08 Å². The molecule has 20 heavy (non-hydrogen) atoms. The molecule has 0 aliphatic carbocycles. The van der Waals surface area contributed by atoms with Gasteiger partial charge in [0.1, 0.15) is 0 Å². The Morgan fingerprint density at radius 1 is 1.50 bits per heavy atom. The predicted octanol–water partition coefficient (Wildman–Crippen LogP) is 2.52. The lowest BCUT2D eigenvalue weighted by atomic mass is 10.2. The van der Waals surface area contributed by atoms with Gasteiger partial charge in [0.05, 0.1) is 12.6 Å². The summed E-state index contributed by atoms with van der Waals surface area (Å²) >= 11 is 11.8. The van der Waals surface area contributed by atoms with E-state index in [2.05, 4.69) is 5.32 Å². The zero-order valence-corrected chi connectivity index (χ0v) is 12.6. The van der Waals surface area contributed by atoms with E-state index in [1.165, 1.54) is 6.08 Å². The third-order valence-electron chi connectivity index (χ3n) is 2.57. The molecule has 4 nitrogen and oxygen atoms in total.